The van der Waals surface area contributed by atoms with Gasteiger partial charge in [-0.25, -0.2) is 14.4 Å². The monoisotopic (exact) mass is 523 g/mol. The molecule has 184 valence electrons. The number of hydrogen-bond acceptors (Lipinski definition) is 9. The number of halogens is 2. The molecule has 4 aromatic rings. The first-order valence-electron chi connectivity index (χ1n) is 11.8. The lowest BCUT2D eigenvalue weighted by Gasteiger charge is -2.25. The SMILES string of the molecule is CCN[C@H]1CCN(c2ncc3c4c(c(-c5ncc(F)c6sc(N)c(C#N)c56)c(Cl)c3n2)COC4)[C@H]1C. The van der Waals surface area contributed by atoms with Crippen LogP contribution in [0, 0.1) is 17.1 Å². The van der Waals surface area contributed by atoms with E-state index in [-0.39, 0.29) is 21.3 Å². The Labute approximate surface area is 215 Å². The number of nitrogens with two attached hydrogens (primary N) is 1. The molecule has 2 atom stereocenters. The zero-order valence-corrected chi connectivity index (χ0v) is 21.3. The summed E-state index contributed by atoms with van der Waals surface area (Å²) >= 11 is 8.11. The average Bonchev–Trinajstić information content (AvgIpc) is 3.58. The summed E-state index contributed by atoms with van der Waals surface area (Å²) in [6, 6.07) is 2.70. The van der Waals surface area contributed by atoms with E-state index >= 15 is 0 Å². The zero-order chi connectivity index (χ0) is 25.1. The van der Waals surface area contributed by atoms with Crippen molar-refractivity contribution in [2.75, 3.05) is 23.7 Å². The summed E-state index contributed by atoms with van der Waals surface area (Å²) in [6.07, 6.45) is 3.96. The fraction of sp³-hybridized carbons (Fsp3) is 0.360. The number of fused-ring (bicyclic) bond motifs is 4. The number of rotatable bonds is 4. The maximum atomic E-state index is 14.7. The van der Waals surface area contributed by atoms with Crippen molar-refractivity contribution in [2.45, 2.75) is 45.6 Å². The maximum Gasteiger partial charge on any atom is 0.226 e. The number of thiophene rings is 1. The zero-order valence-electron chi connectivity index (χ0n) is 19.7. The second-order valence-corrected chi connectivity index (χ2v) is 10.5. The number of nitrogens with zero attached hydrogens (tertiary/aromatic N) is 5. The summed E-state index contributed by atoms with van der Waals surface area (Å²) in [5, 5.41) is 15.1. The van der Waals surface area contributed by atoms with Gasteiger partial charge in [0.15, 0.2) is 5.82 Å². The lowest BCUT2D eigenvalue weighted by Crippen LogP contribution is -2.41. The average molecular weight is 524 g/mol. The first-order valence-corrected chi connectivity index (χ1v) is 13.0. The van der Waals surface area contributed by atoms with Crippen molar-refractivity contribution in [1.29, 1.82) is 5.26 Å². The van der Waals surface area contributed by atoms with Crippen molar-refractivity contribution in [3.8, 4) is 17.3 Å². The van der Waals surface area contributed by atoms with Crippen molar-refractivity contribution in [3.63, 3.8) is 0 Å². The van der Waals surface area contributed by atoms with Gasteiger partial charge >= 0.3 is 0 Å². The van der Waals surface area contributed by atoms with Gasteiger partial charge in [-0.2, -0.15) is 5.26 Å². The molecular weight excluding hydrogens is 501 g/mol. The molecule has 1 saturated heterocycles. The van der Waals surface area contributed by atoms with Gasteiger partial charge in [-0.3, -0.25) is 4.98 Å². The van der Waals surface area contributed by atoms with E-state index in [1.54, 1.807) is 0 Å². The molecule has 0 unspecified atom stereocenters. The third-order valence-electron chi connectivity index (χ3n) is 7.21. The van der Waals surface area contributed by atoms with E-state index in [0.717, 1.165) is 53.6 Å². The molecule has 0 bridgehead atoms. The van der Waals surface area contributed by atoms with Crippen LogP contribution in [-0.2, 0) is 18.0 Å². The third kappa shape index (κ3) is 3.34. The number of aromatic nitrogens is 3. The number of benzene rings is 1. The molecule has 8 nitrogen and oxygen atoms in total. The van der Waals surface area contributed by atoms with Crippen LogP contribution < -0.4 is 16.0 Å². The number of nitrogens with one attached hydrogen (secondary N) is 1. The molecule has 5 heterocycles. The standard InChI is InChI=1S/C25H23ClFN7OS/c1-3-30-17-4-5-34(11(17)2)25-32-7-13-14-9-35-10-15(14)18(20(26)21(13)33-25)22-19-12(6-28)24(29)36-23(19)16(27)8-31-22/h7-8,11,17,30H,3-5,9-10,29H2,1-2H3/t11-,17-/m0/s1. The van der Waals surface area contributed by atoms with Crippen LogP contribution in [-0.4, -0.2) is 40.1 Å². The minimum absolute atomic E-state index is 0.199. The predicted molar refractivity (Wildman–Crippen MR) is 140 cm³/mol. The molecule has 36 heavy (non-hydrogen) atoms. The van der Waals surface area contributed by atoms with Gasteiger partial charge < -0.3 is 20.7 Å². The lowest BCUT2D eigenvalue weighted by molar-refractivity contribution is 0.135. The van der Waals surface area contributed by atoms with Crippen molar-refractivity contribution in [2.24, 2.45) is 0 Å². The first-order chi connectivity index (χ1) is 17.4. The number of ether oxygens (including phenoxy) is 1. The molecule has 11 heteroatoms. The second kappa shape index (κ2) is 8.78. The summed E-state index contributed by atoms with van der Waals surface area (Å²) in [5.41, 5.74) is 9.63. The third-order valence-corrected chi connectivity index (χ3v) is 8.61. The number of likely N-dealkylation sites (N-methyl/N-ethyl adjacent to an activating group) is 1. The van der Waals surface area contributed by atoms with Crippen LogP contribution >= 0.6 is 22.9 Å². The number of anilines is 2. The van der Waals surface area contributed by atoms with Crippen LogP contribution in [0.25, 0.3) is 32.2 Å². The number of nitriles is 1. The van der Waals surface area contributed by atoms with Gasteiger partial charge in [0.1, 0.15) is 11.1 Å². The number of nitrogen functional groups attached to an aromatic ring is 1. The maximum absolute atomic E-state index is 14.7. The van der Waals surface area contributed by atoms with E-state index in [1.807, 2.05) is 6.20 Å². The van der Waals surface area contributed by atoms with E-state index in [4.69, 9.17) is 32.0 Å². The Morgan fingerprint density at radius 3 is 2.92 bits per heavy atom. The molecule has 6 rings (SSSR count). The van der Waals surface area contributed by atoms with E-state index in [2.05, 4.69) is 35.1 Å². The molecule has 0 radical (unpaired) electrons. The Bertz CT molecular complexity index is 1580. The van der Waals surface area contributed by atoms with Gasteiger partial charge in [0.05, 0.1) is 45.9 Å². The highest BCUT2D eigenvalue weighted by Crippen LogP contribution is 2.47. The number of hydrogen-bond donors (Lipinski definition) is 2. The molecule has 1 fully saturated rings. The summed E-state index contributed by atoms with van der Waals surface area (Å²) in [6.45, 7) is 6.70. The molecule has 2 aliphatic rings. The van der Waals surface area contributed by atoms with Crippen molar-refractivity contribution < 1.29 is 9.13 Å². The first kappa shape index (κ1) is 23.3. The minimum atomic E-state index is -0.528. The van der Waals surface area contributed by atoms with Crippen molar-refractivity contribution >= 4 is 54.9 Å². The Morgan fingerprint density at radius 1 is 1.33 bits per heavy atom. The smallest absolute Gasteiger partial charge is 0.226 e. The van der Waals surface area contributed by atoms with Crippen LogP contribution in [0.3, 0.4) is 0 Å². The minimum Gasteiger partial charge on any atom is -0.389 e. The highest BCUT2D eigenvalue weighted by atomic mass is 35.5. The summed E-state index contributed by atoms with van der Waals surface area (Å²) < 4.78 is 20.8. The van der Waals surface area contributed by atoms with Gasteiger partial charge in [-0.15, -0.1) is 11.3 Å². The Morgan fingerprint density at radius 2 is 2.14 bits per heavy atom. The van der Waals surface area contributed by atoms with E-state index in [9.17, 15) is 9.65 Å². The summed E-state index contributed by atoms with van der Waals surface area (Å²) in [5.74, 6) is 0.0801. The lowest BCUT2D eigenvalue weighted by atomic mass is 9.94. The van der Waals surface area contributed by atoms with Gasteiger partial charge in [0.2, 0.25) is 5.95 Å². The highest BCUT2D eigenvalue weighted by molar-refractivity contribution is 7.23. The fourth-order valence-electron chi connectivity index (χ4n) is 5.43. The fourth-order valence-corrected chi connectivity index (χ4v) is 6.70. The molecule has 3 aromatic heterocycles. The van der Waals surface area contributed by atoms with Gasteiger partial charge in [0.25, 0.3) is 0 Å². The highest BCUT2D eigenvalue weighted by Gasteiger charge is 2.33. The molecule has 0 saturated carbocycles. The van der Waals surface area contributed by atoms with Crippen molar-refractivity contribution in [1.82, 2.24) is 20.3 Å². The molecule has 3 N–H and O–H groups in total. The molecule has 2 aliphatic heterocycles. The summed E-state index contributed by atoms with van der Waals surface area (Å²) in [7, 11) is 0. The van der Waals surface area contributed by atoms with Gasteiger partial charge in [-0.1, -0.05) is 18.5 Å². The van der Waals surface area contributed by atoms with Gasteiger partial charge in [0, 0.05) is 41.2 Å². The largest absolute Gasteiger partial charge is 0.389 e. The van der Waals surface area contributed by atoms with Crippen LogP contribution in [0.2, 0.25) is 5.02 Å². The molecule has 0 amide bonds. The Kier molecular flexibility index (Phi) is 5.68. The van der Waals surface area contributed by atoms with Gasteiger partial charge in [-0.05, 0) is 31.0 Å². The topological polar surface area (TPSA) is 113 Å². The van der Waals surface area contributed by atoms with Crippen LogP contribution in [0.1, 0.15) is 37.0 Å². The quantitative estimate of drug-likeness (QED) is 0.393. The van der Waals surface area contributed by atoms with Crippen LogP contribution in [0.4, 0.5) is 15.3 Å². The van der Waals surface area contributed by atoms with E-state index < -0.39 is 5.82 Å². The van der Waals surface area contributed by atoms with E-state index in [0.29, 0.717) is 52.4 Å². The normalized spacial score (nSPS) is 19.4. The van der Waals surface area contributed by atoms with E-state index in [1.165, 1.54) is 0 Å². The molecule has 1 aromatic carbocycles. The predicted octanol–water partition coefficient (Wildman–Crippen LogP) is 4.76. The Hall–Kier alpha value is -3.10. The Balaban J connectivity index is 1.59. The molecule has 0 aliphatic carbocycles. The summed E-state index contributed by atoms with van der Waals surface area (Å²) in [4.78, 5) is 16.2. The molecular formula is C25H23ClFN7OS. The second-order valence-electron chi connectivity index (χ2n) is 9.07. The number of pyridine rings is 1. The van der Waals surface area contributed by atoms with Crippen LogP contribution in [0.15, 0.2) is 12.4 Å². The van der Waals surface area contributed by atoms with Crippen molar-refractivity contribution in [3.05, 3.63) is 39.9 Å². The molecule has 0 spiro atoms. The van der Waals surface area contributed by atoms with Crippen LogP contribution in [0.5, 0.6) is 0 Å².